The fourth-order valence-corrected chi connectivity index (χ4v) is 1.43. The van der Waals surface area contributed by atoms with E-state index in [0.29, 0.717) is 12.4 Å². The van der Waals surface area contributed by atoms with E-state index in [-0.39, 0.29) is 0 Å². The Kier molecular flexibility index (Phi) is 2.83. The summed E-state index contributed by atoms with van der Waals surface area (Å²) in [4.78, 5) is 4.37. The van der Waals surface area contributed by atoms with Crippen molar-refractivity contribution in [1.29, 1.82) is 0 Å². The van der Waals surface area contributed by atoms with Gasteiger partial charge in [0.25, 0.3) is 0 Å². The fourth-order valence-electron chi connectivity index (χ4n) is 1.43. The largest absolute Gasteiger partial charge is 0.444 e. The van der Waals surface area contributed by atoms with Crippen LogP contribution in [0.25, 0.3) is 11.5 Å². The third kappa shape index (κ3) is 2.07. The van der Waals surface area contributed by atoms with Gasteiger partial charge in [0.1, 0.15) is 6.26 Å². The number of nitrogens with two attached hydrogens (primary N) is 1. The lowest BCUT2D eigenvalue weighted by Crippen LogP contribution is -1.95. The van der Waals surface area contributed by atoms with Crippen molar-refractivity contribution in [2.24, 2.45) is 5.73 Å². The number of benzene rings is 1. The van der Waals surface area contributed by atoms with Gasteiger partial charge >= 0.3 is 0 Å². The maximum atomic E-state index is 5.58. The molecule has 1 aromatic carbocycles. The van der Waals surface area contributed by atoms with Crippen molar-refractivity contribution in [3.63, 3.8) is 0 Å². The summed E-state index contributed by atoms with van der Waals surface area (Å²) >= 11 is 0. The van der Waals surface area contributed by atoms with Gasteiger partial charge < -0.3 is 10.2 Å². The number of nitrogens with zero attached hydrogens (tertiary/aromatic N) is 1. The summed E-state index contributed by atoms with van der Waals surface area (Å²) in [5, 5.41) is 0. The van der Waals surface area contributed by atoms with E-state index in [2.05, 4.69) is 11.9 Å². The predicted octanol–water partition coefficient (Wildman–Crippen LogP) is 2.36. The predicted molar refractivity (Wildman–Crippen MR) is 59.2 cm³/mol. The minimum Gasteiger partial charge on any atom is -0.444 e. The maximum absolute atomic E-state index is 5.58. The summed E-state index contributed by atoms with van der Waals surface area (Å²) in [5.41, 5.74) is 8.62. The van der Waals surface area contributed by atoms with Crippen LogP contribution < -0.4 is 5.73 Å². The van der Waals surface area contributed by atoms with Crippen LogP contribution in [-0.2, 0) is 13.0 Å². The van der Waals surface area contributed by atoms with Gasteiger partial charge in [0.15, 0.2) is 0 Å². The van der Waals surface area contributed by atoms with E-state index < -0.39 is 0 Å². The van der Waals surface area contributed by atoms with Gasteiger partial charge in [-0.15, -0.1) is 0 Å². The Labute approximate surface area is 88.9 Å². The highest BCUT2D eigenvalue weighted by Crippen LogP contribution is 2.19. The highest BCUT2D eigenvalue weighted by Gasteiger charge is 2.05. The molecule has 0 aliphatic heterocycles. The Hall–Kier alpha value is -1.61. The first-order chi connectivity index (χ1) is 7.33. The average molecular weight is 202 g/mol. The summed E-state index contributed by atoms with van der Waals surface area (Å²) < 4.78 is 5.39. The summed E-state index contributed by atoms with van der Waals surface area (Å²) in [6, 6.07) is 7.94. The molecule has 0 amide bonds. The van der Waals surface area contributed by atoms with Crippen LogP contribution in [-0.4, -0.2) is 4.98 Å². The van der Waals surface area contributed by atoms with Crippen molar-refractivity contribution in [2.45, 2.75) is 19.9 Å². The van der Waals surface area contributed by atoms with Crippen LogP contribution >= 0.6 is 0 Å². The van der Waals surface area contributed by atoms with Crippen molar-refractivity contribution in [3.05, 3.63) is 41.8 Å². The molecule has 0 aliphatic rings. The monoisotopic (exact) mass is 202 g/mol. The molecule has 78 valence electrons. The van der Waals surface area contributed by atoms with Crippen molar-refractivity contribution < 1.29 is 4.42 Å². The number of oxazole rings is 1. The van der Waals surface area contributed by atoms with Crippen molar-refractivity contribution in [1.82, 2.24) is 4.98 Å². The molecule has 15 heavy (non-hydrogen) atoms. The van der Waals surface area contributed by atoms with E-state index >= 15 is 0 Å². The standard InChI is InChI=1S/C12H14N2O/c1-2-11-8-15-12(14-11)10-5-3-4-9(6-10)7-13/h3-6,8H,2,7,13H2,1H3. The smallest absolute Gasteiger partial charge is 0.226 e. The molecule has 0 radical (unpaired) electrons. The fraction of sp³-hybridized carbons (Fsp3) is 0.250. The molecule has 1 heterocycles. The molecule has 3 heteroatoms. The number of aryl methyl sites for hydroxylation is 1. The van der Waals surface area contributed by atoms with Gasteiger partial charge in [0.05, 0.1) is 5.69 Å². The van der Waals surface area contributed by atoms with Crippen LogP contribution in [0.15, 0.2) is 34.9 Å². The highest BCUT2D eigenvalue weighted by atomic mass is 16.3. The molecular formula is C12H14N2O. The van der Waals surface area contributed by atoms with E-state index in [1.54, 1.807) is 6.26 Å². The zero-order valence-electron chi connectivity index (χ0n) is 8.73. The number of aromatic nitrogens is 1. The lowest BCUT2D eigenvalue weighted by Gasteiger charge is -1.98. The second kappa shape index (κ2) is 4.28. The van der Waals surface area contributed by atoms with Crippen LogP contribution in [0.2, 0.25) is 0 Å². The first-order valence-corrected chi connectivity index (χ1v) is 5.07. The zero-order chi connectivity index (χ0) is 10.7. The molecule has 0 aliphatic carbocycles. The van der Waals surface area contributed by atoms with Crippen LogP contribution in [0, 0.1) is 0 Å². The maximum Gasteiger partial charge on any atom is 0.226 e. The van der Waals surface area contributed by atoms with Gasteiger partial charge in [-0.3, -0.25) is 0 Å². The Balaban J connectivity index is 2.35. The first-order valence-electron chi connectivity index (χ1n) is 5.07. The molecule has 2 N–H and O–H groups in total. The van der Waals surface area contributed by atoms with Crippen molar-refractivity contribution in [2.75, 3.05) is 0 Å². The van der Waals surface area contributed by atoms with Gasteiger partial charge in [0.2, 0.25) is 5.89 Å². The number of hydrogen-bond donors (Lipinski definition) is 1. The van der Waals surface area contributed by atoms with Gasteiger partial charge in [-0.1, -0.05) is 19.1 Å². The van der Waals surface area contributed by atoms with Gasteiger partial charge in [-0.25, -0.2) is 4.98 Å². The van der Waals surface area contributed by atoms with E-state index in [4.69, 9.17) is 10.2 Å². The molecule has 0 spiro atoms. The number of rotatable bonds is 3. The summed E-state index contributed by atoms with van der Waals surface area (Å²) in [7, 11) is 0. The summed E-state index contributed by atoms with van der Waals surface area (Å²) in [5.74, 6) is 0.669. The van der Waals surface area contributed by atoms with Gasteiger partial charge in [0, 0.05) is 12.1 Å². The van der Waals surface area contributed by atoms with Crippen LogP contribution in [0.3, 0.4) is 0 Å². The Morgan fingerprint density at radius 1 is 1.40 bits per heavy atom. The molecule has 0 atom stereocenters. The average Bonchev–Trinajstić information content (AvgIpc) is 2.78. The molecule has 2 rings (SSSR count). The lowest BCUT2D eigenvalue weighted by atomic mass is 10.1. The molecule has 2 aromatic rings. The Bertz CT molecular complexity index is 448. The minimum absolute atomic E-state index is 0.537. The van der Waals surface area contributed by atoms with Crippen molar-refractivity contribution in [3.8, 4) is 11.5 Å². The third-order valence-electron chi connectivity index (χ3n) is 2.32. The summed E-state index contributed by atoms with van der Waals surface area (Å²) in [6.07, 6.45) is 2.59. The third-order valence-corrected chi connectivity index (χ3v) is 2.32. The molecule has 0 saturated carbocycles. The highest BCUT2D eigenvalue weighted by molar-refractivity contribution is 5.54. The molecule has 0 fully saturated rings. The van der Waals surface area contributed by atoms with Crippen LogP contribution in [0.1, 0.15) is 18.2 Å². The van der Waals surface area contributed by atoms with Gasteiger partial charge in [-0.2, -0.15) is 0 Å². The summed E-state index contributed by atoms with van der Waals surface area (Å²) in [6.45, 7) is 2.59. The first kappa shape index (κ1) is 9.93. The Morgan fingerprint density at radius 3 is 2.93 bits per heavy atom. The van der Waals surface area contributed by atoms with Gasteiger partial charge in [-0.05, 0) is 24.1 Å². The van der Waals surface area contributed by atoms with E-state index in [1.807, 2.05) is 24.3 Å². The zero-order valence-corrected chi connectivity index (χ0v) is 8.73. The molecule has 0 saturated heterocycles. The topological polar surface area (TPSA) is 52.0 Å². The van der Waals surface area contributed by atoms with Crippen LogP contribution in [0.4, 0.5) is 0 Å². The van der Waals surface area contributed by atoms with E-state index in [1.165, 1.54) is 0 Å². The molecule has 0 bridgehead atoms. The molecule has 3 nitrogen and oxygen atoms in total. The van der Waals surface area contributed by atoms with E-state index in [0.717, 1.165) is 23.2 Å². The number of hydrogen-bond acceptors (Lipinski definition) is 3. The quantitative estimate of drug-likeness (QED) is 0.831. The second-order valence-corrected chi connectivity index (χ2v) is 3.40. The van der Waals surface area contributed by atoms with Crippen LogP contribution in [0.5, 0.6) is 0 Å². The normalized spacial score (nSPS) is 10.5. The lowest BCUT2D eigenvalue weighted by molar-refractivity contribution is 0.572. The minimum atomic E-state index is 0.537. The van der Waals surface area contributed by atoms with Crippen molar-refractivity contribution >= 4 is 0 Å². The Morgan fingerprint density at radius 2 is 2.27 bits per heavy atom. The SMILES string of the molecule is CCc1coc(-c2cccc(CN)c2)n1. The van der Waals surface area contributed by atoms with E-state index in [9.17, 15) is 0 Å². The second-order valence-electron chi connectivity index (χ2n) is 3.40. The molecule has 1 aromatic heterocycles. The molecular weight excluding hydrogens is 188 g/mol. The molecule has 0 unspecified atom stereocenters.